The molecule has 0 atom stereocenters. The molecule has 3 rings (SSSR count). The molecule has 0 bridgehead atoms. The van der Waals surface area contributed by atoms with Gasteiger partial charge in [-0.2, -0.15) is 0 Å². The average Bonchev–Trinajstić information content (AvgIpc) is 2.95. The number of aromatic nitrogens is 1. The predicted molar refractivity (Wildman–Crippen MR) is 68.0 cm³/mol. The monoisotopic (exact) mass is 244 g/mol. The van der Waals surface area contributed by atoms with Crippen LogP contribution in [0.4, 0.5) is 0 Å². The normalized spacial score (nSPS) is 16.9. The lowest BCUT2D eigenvalue weighted by atomic mass is 10.1. The van der Waals surface area contributed by atoms with Crippen molar-refractivity contribution in [2.45, 2.75) is 6.54 Å². The second-order valence-electron chi connectivity index (χ2n) is 4.47. The molecule has 2 aromatic rings. The maximum Gasteiger partial charge on any atom is 0.124 e. The van der Waals surface area contributed by atoms with Crippen molar-refractivity contribution in [3.63, 3.8) is 0 Å². The summed E-state index contributed by atoms with van der Waals surface area (Å²) in [4.78, 5) is 2.41. The van der Waals surface area contributed by atoms with Gasteiger partial charge in [-0.25, -0.2) is 0 Å². The van der Waals surface area contributed by atoms with Crippen molar-refractivity contribution in [1.29, 1.82) is 0 Å². The Hall–Kier alpha value is -1.65. The first-order valence-electron chi connectivity index (χ1n) is 6.21. The largest absolute Gasteiger partial charge is 0.379 e. The molecule has 0 amide bonds. The SMILES string of the molecule is c1cc(-c2ccc(CN3CCOCC3)cc2)no1. The van der Waals surface area contributed by atoms with Gasteiger partial charge in [0, 0.05) is 31.3 Å². The Bertz CT molecular complexity index is 473. The standard InChI is InChI=1S/C14H16N2O2/c1-3-13(14-5-8-18-15-14)4-2-12(1)11-16-6-9-17-10-7-16/h1-5,8H,6-7,9-11H2. The van der Waals surface area contributed by atoms with E-state index >= 15 is 0 Å². The molecule has 4 heteroatoms. The summed E-state index contributed by atoms with van der Waals surface area (Å²) in [7, 11) is 0. The molecule has 2 heterocycles. The molecular formula is C14H16N2O2. The zero-order valence-electron chi connectivity index (χ0n) is 10.2. The Balaban J connectivity index is 1.67. The number of morpholine rings is 1. The van der Waals surface area contributed by atoms with Gasteiger partial charge in [0.1, 0.15) is 12.0 Å². The van der Waals surface area contributed by atoms with Gasteiger partial charge >= 0.3 is 0 Å². The Kier molecular flexibility index (Phi) is 3.39. The molecule has 1 aliphatic rings. The van der Waals surface area contributed by atoms with Crippen LogP contribution in [0.25, 0.3) is 11.3 Å². The highest BCUT2D eigenvalue weighted by Crippen LogP contribution is 2.18. The fourth-order valence-electron chi connectivity index (χ4n) is 2.16. The lowest BCUT2D eigenvalue weighted by Crippen LogP contribution is -2.35. The molecule has 1 fully saturated rings. The van der Waals surface area contributed by atoms with Crippen molar-refractivity contribution < 1.29 is 9.26 Å². The van der Waals surface area contributed by atoms with Crippen LogP contribution >= 0.6 is 0 Å². The first kappa shape index (κ1) is 11.4. The fourth-order valence-corrected chi connectivity index (χ4v) is 2.16. The molecule has 0 unspecified atom stereocenters. The minimum Gasteiger partial charge on any atom is -0.379 e. The summed E-state index contributed by atoms with van der Waals surface area (Å²) in [6.07, 6.45) is 1.59. The Labute approximate surface area is 106 Å². The van der Waals surface area contributed by atoms with Gasteiger partial charge in [0.05, 0.1) is 13.2 Å². The molecule has 18 heavy (non-hydrogen) atoms. The van der Waals surface area contributed by atoms with E-state index in [-0.39, 0.29) is 0 Å². The maximum atomic E-state index is 5.35. The van der Waals surface area contributed by atoms with Crippen molar-refractivity contribution in [2.75, 3.05) is 26.3 Å². The van der Waals surface area contributed by atoms with Gasteiger partial charge in [0.15, 0.2) is 0 Å². The smallest absolute Gasteiger partial charge is 0.124 e. The summed E-state index contributed by atoms with van der Waals surface area (Å²) in [6, 6.07) is 10.4. The quantitative estimate of drug-likeness (QED) is 0.829. The zero-order chi connectivity index (χ0) is 12.2. The molecule has 0 spiro atoms. The van der Waals surface area contributed by atoms with Crippen molar-refractivity contribution in [3.05, 3.63) is 42.2 Å². The zero-order valence-corrected chi connectivity index (χ0v) is 10.2. The molecular weight excluding hydrogens is 228 g/mol. The maximum absolute atomic E-state index is 5.35. The summed E-state index contributed by atoms with van der Waals surface area (Å²) in [5, 5.41) is 3.93. The van der Waals surface area contributed by atoms with Crippen LogP contribution in [0.1, 0.15) is 5.56 Å². The second kappa shape index (κ2) is 5.33. The van der Waals surface area contributed by atoms with E-state index in [2.05, 4.69) is 34.3 Å². The Morgan fingerprint density at radius 2 is 1.83 bits per heavy atom. The van der Waals surface area contributed by atoms with Crippen LogP contribution in [0.3, 0.4) is 0 Å². The van der Waals surface area contributed by atoms with E-state index in [9.17, 15) is 0 Å². The van der Waals surface area contributed by atoms with Gasteiger partial charge in [-0.15, -0.1) is 0 Å². The van der Waals surface area contributed by atoms with Crippen LogP contribution in [-0.4, -0.2) is 36.4 Å². The molecule has 1 saturated heterocycles. The number of hydrogen-bond donors (Lipinski definition) is 0. The van der Waals surface area contributed by atoms with Gasteiger partial charge in [-0.1, -0.05) is 29.4 Å². The first-order chi connectivity index (χ1) is 8.92. The molecule has 4 nitrogen and oxygen atoms in total. The Morgan fingerprint density at radius 1 is 1.06 bits per heavy atom. The number of benzene rings is 1. The number of rotatable bonds is 3. The van der Waals surface area contributed by atoms with E-state index in [1.807, 2.05) is 6.07 Å². The van der Waals surface area contributed by atoms with E-state index in [1.54, 1.807) is 6.26 Å². The van der Waals surface area contributed by atoms with Gasteiger partial charge < -0.3 is 9.26 Å². The summed E-state index contributed by atoms with van der Waals surface area (Å²) in [6.45, 7) is 4.71. The molecule has 94 valence electrons. The van der Waals surface area contributed by atoms with E-state index in [0.717, 1.165) is 44.1 Å². The minimum atomic E-state index is 0.844. The van der Waals surface area contributed by atoms with E-state index in [4.69, 9.17) is 9.26 Å². The van der Waals surface area contributed by atoms with Crippen LogP contribution in [0.5, 0.6) is 0 Å². The van der Waals surface area contributed by atoms with Crippen LogP contribution in [-0.2, 0) is 11.3 Å². The molecule has 0 aliphatic carbocycles. The highest BCUT2D eigenvalue weighted by molar-refractivity contribution is 5.58. The fraction of sp³-hybridized carbons (Fsp3) is 0.357. The second-order valence-corrected chi connectivity index (χ2v) is 4.47. The molecule has 1 aliphatic heterocycles. The van der Waals surface area contributed by atoms with Crippen molar-refractivity contribution in [1.82, 2.24) is 10.1 Å². The molecule has 1 aromatic carbocycles. The van der Waals surface area contributed by atoms with Crippen LogP contribution in [0, 0.1) is 0 Å². The molecule has 0 N–H and O–H groups in total. The van der Waals surface area contributed by atoms with E-state index in [0.29, 0.717) is 0 Å². The summed E-state index contributed by atoms with van der Waals surface area (Å²) < 4.78 is 10.2. The van der Waals surface area contributed by atoms with Gasteiger partial charge in [0.2, 0.25) is 0 Å². The number of hydrogen-bond acceptors (Lipinski definition) is 4. The number of nitrogens with zero attached hydrogens (tertiary/aromatic N) is 2. The van der Waals surface area contributed by atoms with E-state index < -0.39 is 0 Å². The van der Waals surface area contributed by atoms with Gasteiger partial charge in [-0.05, 0) is 5.56 Å². The van der Waals surface area contributed by atoms with Crippen molar-refractivity contribution in [2.24, 2.45) is 0 Å². The molecule has 0 saturated carbocycles. The highest BCUT2D eigenvalue weighted by Gasteiger charge is 2.10. The van der Waals surface area contributed by atoms with Crippen LogP contribution in [0.2, 0.25) is 0 Å². The third-order valence-corrected chi connectivity index (χ3v) is 3.20. The lowest BCUT2D eigenvalue weighted by Gasteiger charge is -2.26. The Morgan fingerprint density at radius 3 is 2.50 bits per heavy atom. The predicted octanol–water partition coefficient (Wildman–Crippen LogP) is 2.17. The number of ether oxygens (including phenoxy) is 1. The summed E-state index contributed by atoms with van der Waals surface area (Å²) in [5.41, 5.74) is 3.30. The first-order valence-corrected chi connectivity index (χ1v) is 6.21. The summed E-state index contributed by atoms with van der Waals surface area (Å²) in [5.74, 6) is 0. The average molecular weight is 244 g/mol. The van der Waals surface area contributed by atoms with Crippen LogP contribution in [0.15, 0.2) is 41.1 Å². The highest BCUT2D eigenvalue weighted by atomic mass is 16.5. The molecule has 1 aromatic heterocycles. The lowest BCUT2D eigenvalue weighted by molar-refractivity contribution is 0.0342. The topological polar surface area (TPSA) is 38.5 Å². The van der Waals surface area contributed by atoms with Crippen molar-refractivity contribution >= 4 is 0 Å². The minimum absolute atomic E-state index is 0.844. The molecule has 0 radical (unpaired) electrons. The van der Waals surface area contributed by atoms with Gasteiger partial charge in [0.25, 0.3) is 0 Å². The summed E-state index contributed by atoms with van der Waals surface area (Å²) >= 11 is 0. The van der Waals surface area contributed by atoms with E-state index in [1.165, 1.54) is 5.56 Å². The van der Waals surface area contributed by atoms with Gasteiger partial charge in [-0.3, -0.25) is 4.90 Å². The third-order valence-electron chi connectivity index (χ3n) is 3.20. The third kappa shape index (κ3) is 2.60. The van der Waals surface area contributed by atoms with Crippen molar-refractivity contribution in [3.8, 4) is 11.3 Å². The van der Waals surface area contributed by atoms with Crippen LogP contribution < -0.4 is 0 Å².